The first kappa shape index (κ1) is 16.0. The number of rotatable bonds is 6. The van der Waals surface area contributed by atoms with Gasteiger partial charge in [0.1, 0.15) is 0 Å². The number of hydrogen-bond acceptors (Lipinski definition) is 3. The first-order valence-corrected chi connectivity index (χ1v) is 7.84. The predicted molar refractivity (Wildman–Crippen MR) is 84.9 cm³/mol. The van der Waals surface area contributed by atoms with Crippen molar-refractivity contribution in [3.8, 4) is 11.8 Å². The van der Waals surface area contributed by atoms with Gasteiger partial charge in [-0.3, -0.25) is 4.90 Å². The molecule has 1 N–H and O–H groups in total. The highest BCUT2D eigenvalue weighted by atomic mass is 16.5. The van der Waals surface area contributed by atoms with Crippen LogP contribution in [0.4, 0.5) is 0 Å². The Balaban J connectivity index is 1.87. The molecule has 1 aromatic carbocycles. The topological polar surface area (TPSA) is 32.7 Å². The van der Waals surface area contributed by atoms with E-state index in [-0.39, 0.29) is 6.61 Å². The lowest BCUT2D eigenvalue weighted by atomic mass is 10.1. The van der Waals surface area contributed by atoms with Crippen LogP contribution >= 0.6 is 0 Å². The van der Waals surface area contributed by atoms with Crippen LogP contribution in [0.2, 0.25) is 0 Å². The number of ether oxygens (including phenoxy) is 1. The van der Waals surface area contributed by atoms with Crippen LogP contribution in [0.25, 0.3) is 0 Å². The van der Waals surface area contributed by atoms with Gasteiger partial charge in [0.15, 0.2) is 0 Å². The Kier molecular flexibility index (Phi) is 6.75. The van der Waals surface area contributed by atoms with Gasteiger partial charge in [0.2, 0.25) is 0 Å². The highest BCUT2D eigenvalue weighted by molar-refractivity contribution is 5.36. The van der Waals surface area contributed by atoms with Crippen LogP contribution in [-0.2, 0) is 11.3 Å². The number of benzene rings is 1. The van der Waals surface area contributed by atoms with Crippen LogP contribution in [0, 0.1) is 11.8 Å². The molecule has 1 heterocycles. The van der Waals surface area contributed by atoms with Gasteiger partial charge < -0.3 is 9.84 Å². The highest BCUT2D eigenvalue weighted by Crippen LogP contribution is 2.15. The van der Waals surface area contributed by atoms with E-state index in [2.05, 4.69) is 47.9 Å². The Labute approximate surface area is 127 Å². The summed E-state index contributed by atoms with van der Waals surface area (Å²) in [7, 11) is 0. The first-order valence-electron chi connectivity index (χ1n) is 7.84. The Morgan fingerprint density at radius 1 is 1.33 bits per heavy atom. The zero-order chi connectivity index (χ0) is 14.9. The third kappa shape index (κ3) is 5.51. The van der Waals surface area contributed by atoms with Gasteiger partial charge in [-0.15, -0.1) is 0 Å². The van der Waals surface area contributed by atoms with Crippen LogP contribution < -0.4 is 0 Å². The first-order chi connectivity index (χ1) is 10.3. The van der Waals surface area contributed by atoms with Crippen molar-refractivity contribution in [1.29, 1.82) is 0 Å². The van der Waals surface area contributed by atoms with Gasteiger partial charge >= 0.3 is 0 Å². The SMILES string of the molecule is CCN(Cc1ccc(C#CCCO)cc1)CC1CCCO1. The Bertz CT molecular complexity index is 466. The second kappa shape index (κ2) is 8.84. The fourth-order valence-electron chi connectivity index (χ4n) is 2.55. The monoisotopic (exact) mass is 287 g/mol. The summed E-state index contributed by atoms with van der Waals surface area (Å²) in [6, 6.07) is 8.39. The molecule has 1 fully saturated rings. The molecule has 1 aliphatic heterocycles. The molecule has 0 aromatic heterocycles. The minimum absolute atomic E-state index is 0.125. The fourth-order valence-corrected chi connectivity index (χ4v) is 2.55. The van der Waals surface area contributed by atoms with Gasteiger partial charge in [-0.05, 0) is 37.1 Å². The molecule has 1 aromatic rings. The standard InChI is InChI=1S/C18H25NO2/c1-2-19(15-18-7-5-13-21-18)14-17-10-8-16(9-11-17)6-3-4-12-20/h8-11,18,20H,2,4-5,7,12-15H2,1H3. The molecule has 3 nitrogen and oxygen atoms in total. The van der Waals surface area contributed by atoms with E-state index < -0.39 is 0 Å². The lowest BCUT2D eigenvalue weighted by Crippen LogP contribution is -2.31. The second-order valence-corrected chi connectivity index (χ2v) is 5.44. The van der Waals surface area contributed by atoms with Crippen molar-refractivity contribution in [2.24, 2.45) is 0 Å². The quantitative estimate of drug-likeness (QED) is 0.816. The number of likely N-dealkylation sites (N-methyl/N-ethyl adjacent to an activating group) is 1. The van der Waals surface area contributed by atoms with Crippen molar-refractivity contribution >= 4 is 0 Å². The second-order valence-electron chi connectivity index (χ2n) is 5.44. The van der Waals surface area contributed by atoms with Crippen molar-refractivity contribution < 1.29 is 9.84 Å². The molecule has 1 atom stereocenters. The summed E-state index contributed by atoms with van der Waals surface area (Å²) in [5.74, 6) is 6.00. The van der Waals surface area contributed by atoms with Crippen molar-refractivity contribution in [3.63, 3.8) is 0 Å². The number of aliphatic hydroxyl groups excluding tert-OH is 1. The molecular weight excluding hydrogens is 262 g/mol. The van der Waals surface area contributed by atoms with Crippen molar-refractivity contribution in [2.75, 3.05) is 26.3 Å². The highest BCUT2D eigenvalue weighted by Gasteiger charge is 2.18. The molecule has 3 heteroatoms. The van der Waals surface area contributed by atoms with E-state index in [0.717, 1.165) is 31.8 Å². The Morgan fingerprint density at radius 3 is 2.76 bits per heavy atom. The molecular formula is C18H25NO2. The summed E-state index contributed by atoms with van der Waals surface area (Å²) in [4.78, 5) is 2.43. The molecule has 0 aliphatic carbocycles. The molecule has 114 valence electrons. The summed E-state index contributed by atoms with van der Waals surface area (Å²) >= 11 is 0. The minimum atomic E-state index is 0.125. The van der Waals surface area contributed by atoms with Gasteiger partial charge in [0.05, 0.1) is 12.7 Å². The third-order valence-corrected chi connectivity index (χ3v) is 3.76. The van der Waals surface area contributed by atoms with Crippen molar-refractivity contribution in [1.82, 2.24) is 4.90 Å². The van der Waals surface area contributed by atoms with Gasteiger partial charge in [-0.25, -0.2) is 0 Å². The van der Waals surface area contributed by atoms with E-state index in [4.69, 9.17) is 9.84 Å². The van der Waals surface area contributed by atoms with Gasteiger partial charge in [0, 0.05) is 31.7 Å². The lowest BCUT2D eigenvalue weighted by Gasteiger charge is -2.23. The molecule has 1 saturated heterocycles. The smallest absolute Gasteiger partial charge is 0.0702 e. The zero-order valence-corrected chi connectivity index (χ0v) is 12.8. The van der Waals surface area contributed by atoms with Gasteiger partial charge in [-0.2, -0.15) is 0 Å². The van der Waals surface area contributed by atoms with Gasteiger partial charge in [0.25, 0.3) is 0 Å². The summed E-state index contributed by atoms with van der Waals surface area (Å²) in [5, 5.41) is 8.71. The number of hydrogen-bond donors (Lipinski definition) is 1. The number of nitrogens with zero attached hydrogens (tertiary/aromatic N) is 1. The van der Waals surface area contributed by atoms with Crippen LogP contribution in [0.5, 0.6) is 0 Å². The summed E-state index contributed by atoms with van der Waals surface area (Å²) < 4.78 is 5.72. The Morgan fingerprint density at radius 2 is 2.14 bits per heavy atom. The van der Waals surface area contributed by atoms with Gasteiger partial charge in [-0.1, -0.05) is 30.9 Å². The van der Waals surface area contributed by atoms with Crippen LogP contribution in [0.3, 0.4) is 0 Å². The van der Waals surface area contributed by atoms with E-state index in [9.17, 15) is 0 Å². The minimum Gasteiger partial charge on any atom is -0.395 e. The molecule has 0 amide bonds. The van der Waals surface area contributed by atoms with E-state index in [0.29, 0.717) is 12.5 Å². The fraction of sp³-hybridized carbons (Fsp3) is 0.556. The molecule has 0 radical (unpaired) electrons. The lowest BCUT2D eigenvalue weighted by molar-refractivity contribution is 0.0725. The van der Waals surface area contributed by atoms with Crippen molar-refractivity contribution in [3.05, 3.63) is 35.4 Å². The van der Waals surface area contributed by atoms with E-state index in [1.165, 1.54) is 18.4 Å². The van der Waals surface area contributed by atoms with Crippen LogP contribution in [0.15, 0.2) is 24.3 Å². The average Bonchev–Trinajstić information content (AvgIpc) is 3.01. The number of aliphatic hydroxyl groups is 1. The maximum atomic E-state index is 8.71. The molecule has 0 spiro atoms. The van der Waals surface area contributed by atoms with E-state index in [1.807, 2.05) is 0 Å². The predicted octanol–water partition coefficient (Wildman–Crippen LogP) is 2.42. The summed E-state index contributed by atoms with van der Waals surface area (Å²) in [6.07, 6.45) is 3.33. The van der Waals surface area contributed by atoms with E-state index in [1.54, 1.807) is 0 Å². The normalized spacial score (nSPS) is 17.8. The van der Waals surface area contributed by atoms with E-state index >= 15 is 0 Å². The summed E-state index contributed by atoms with van der Waals surface area (Å²) in [5.41, 5.74) is 2.32. The largest absolute Gasteiger partial charge is 0.395 e. The molecule has 2 rings (SSSR count). The Hall–Kier alpha value is -1.34. The molecule has 0 bridgehead atoms. The molecule has 1 unspecified atom stereocenters. The third-order valence-electron chi connectivity index (χ3n) is 3.76. The van der Waals surface area contributed by atoms with Crippen LogP contribution in [0.1, 0.15) is 37.3 Å². The van der Waals surface area contributed by atoms with Crippen molar-refractivity contribution in [2.45, 2.75) is 38.8 Å². The average molecular weight is 287 g/mol. The zero-order valence-electron chi connectivity index (χ0n) is 12.8. The summed E-state index contributed by atoms with van der Waals surface area (Å²) in [6.45, 7) is 6.26. The van der Waals surface area contributed by atoms with Crippen LogP contribution in [-0.4, -0.2) is 42.4 Å². The maximum absolute atomic E-state index is 8.71. The molecule has 0 saturated carbocycles. The molecule has 1 aliphatic rings. The maximum Gasteiger partial charge on any atom is 0.0702 e. The molecule has 21 heavy (non-hydrogen) atoms.